The molecule has 2 aromatic rings. The summed E-state index contributed by atoms with van der Waals surface area (Å²) in [7, 11) is 1.68. The third-order valence-electron chi connectivity index (χ3n) is 6.14. The van der Waals surface area contributed by atoms with Gasteiger partial charge in [-0.15, -0.1) is 0 Å². The predicted octanol–water partition coefficient (Wildman–Crippen LogP) is 3.47. The van der Waals surface area contributed by atoms with Crippen LogP contribution >= 0.6 is 0 Å². The van der Waals surface area contributed by atoms with Crippen LogP contribution in [-0.2, 0) is 11.2 Å². The highest BCUT2D eigenvalue weighted by atomic mass is 19.1. The van der Waals surface area contributed by atoms with Gasteiger partial charge in [0.2, 0.25) is 5.91 Å². The molecule has 160 valence electrons. The van der Waals surface area contributed by atoms with Crippen LogP contribution in [0.5, 0.6) is 5.75 Å². The van der Waals surface area contributed by atoms with Crippen molar-refractivity contribution in [1.82, 2.24) is 5.32 Å². The van der Waals surface area contributed by atoms with Crippen LogP contribution in [0.25, 0.3) is 0 Å². The number of halogens is 1. The molecule has 0 saturated carbocycles. The molecule has 2 aromatic carbocycles. The fourth-order valence-electron chi connectivity index (χ4n) is 4.53. The molecular weight excluding hydrogens is 381 g/mol. The van der Waals surface area contributed by atoms with Crippen molar-refractivity contribution in [2.45, 2.75) is 26.3 Å². The van der Waals surface area contributed by atoms with Crippen molar-refractivity contribution in [3.05, 3.63) is 53.8 Å². The first-order valence-corrected chi connectivity index (χ1v) is 10.7. The van der Waals surface area contributed by atoms with E-state index in [2.05, 4.69) is 41.1 Å². The number of methoxy groups -OCH3 is 1. The molecule has 2 aliphatic heterocycles. The Balaban J connectivity index is 1.64. The number of hydrogen-bond donors (Lipinski definition) is 1. The third kappa shape index (κ3) is 4.09. The molecule has 5 nitrogen and oxygen atoms in total. The zero-order valence-electron chi connectivity index (χ0n) is 17.9. The maximum absolute atomic E-state index is 13.4. The molecule has 30 heavy (non-hydrogen) atoms. The second kappa shape index (κ2) is 8.54. The number of ether oxygens (including phenoxy) is 1. The summed E-state index contributed by atoms with van der Waals surface area (Å²) >= 11 is 0. The van der Waals surface area contributed by atoms with Crippen LogP contribution in [0.4, 0.5) is 15.8 Å². The van der Waals surface area contributed by atoms with Crippen LogP contribution in [0.1, 0.15) is 19.4 Å². The van der Waals surface area contributed by atoms with E-state index in [0.717, 1.165) is 36.8 Å². The van der Waals surface area contributed by atoms with Crippen LogP contribution < -0.4 is 19.9 Å². The number of fused-ring (bicyclic) bond motifs is 3. The molecule has 1 amide bonds. The summed E-state index contributed by atoms with van der Waals surface area (Å²) in [5, 5.41) is 3.14. The number of carbonyl (C=O) groups excluding carboxylic acids is 1. The Morgan fingerprint density at radius 3 is 2.67 bits per heavy atom. The molecule has 2 atom stereocenters. The van der Waals surface area contributed by atoms with Gasteiger partial charge >= 0.3 is 0 Å². The Morgan fingerprint density at radius 2 is 1.97 bits per heavy atom. The van der Waals surface area contributed by atoms with E-state index >= 15 is 0 Å². The molecule has 2 aliphatic rings. The molecule has 0 spiro atoms. The Morgan fingerprint density at radius 1 is 1.20 bits per heavy atom. The van der Waals surface area contributed by atoms with E-state index in [1.807, 2.05) is 18.2 Å². The van der Waals surface area contributed by atoms with E-state index in [0.29, 0.717) is 18.9 Å². The lowest BCUT2D eigenvalue weighted by Crippen LogP contribution is -2.61. The molecule has 0 aromatic heterocycles. The Bertz CT molecular complexity index is 900. The smallest absolute Gasteiger partial charge is 0.225 e. The van der Waals surface area contributed by atoms with Crippen LogP contribution in [0.15, 0.2) is 42.5 Å². The monoisotopic (exact) mass is 411 g/mol. The fraction of sp³-hybridized carbons (Fsp3) is 0.458. The Hall–Kier alpha value is -2.76. The molecule has 1 fully saturated rings. The molecule has 0 radical (unpaired) electrons. The number of carbonyl (C=O) groups is 1. The average molecular weight is 412 g/mol. The minimum absolute atomic E-state index is 0.0515. The van der Waals surface area contributed by atoms with Crippen molar-refractivity contribution in [2.75, 3.05) is 43.1 Å². The maximum atomic E-state index is 13.4. The lowest BCUT2D eigenvalue weighted by atomic mass is 9.83. The molecule has 0 unspecified atom stereocenters. The van der Waals surface area contributed by atoms with Crippen LogP contribution in [-0.4, -0.2) is 45.2 Å². The number of anilines is 2. The van der Waals surface area contributed by atoms with Crippen molar-refractivity contribution in [1.29, 1.82) is 0 Å². The van der Waals surface area contributed by atoms with Crippen molar-refractivity contribution in [3.8, 4) is 5.75 Å². The number of piperazine rings is 1. The van der Waals surface area contributed by atoms with Crippen molar-refractivity contribution < 1.29 is 13.9 Å². The van der Waals surface area contributed by atoms with Crippen LogP contribution in [0, 0.1) is 17.7 Å². The summed E-state index contributed by atoms with van der Waals surface area (Å²) < 4.78 is 18.8. The first kappa shape index (κ1) is 20.5. The molecular formula is C24H30FN3O2. The summed E-state index contributed by atoms with van der Waals surface area (Å²) in [6.07, 6.45) is 0.710. The minimum atomic E-state index is -0.234. The van der Waals surface area contributed by atoms with E-state index in [4.69, 9.17) is 4.74 Å². The Labute approximate surface area is 177 Å². The van der Waals surface area contributed by atoms with Gasteiger partial charge in [-0.3, -0.25) is 4.79 Å². The van der Waals surface area contributed by atoms with Gasteiger partial charge in [0.25, 0.3) is 0 Å². The lowest BCUT2D eigenvalue weighted by molar-refractivity contribution is -0.126. The van der Waals surface area contributed by atoms with E-state index < -0.39 is 0 Å². The third-order valence-corrected chi connectivity index (χ3v) is 6.14. The fourth-order valence-corrected chi connectivity index (χ4v) is 4.53. The van der Waals surface area contributed by atoms with Gasteiger partial charge in [0.15, 0.2) is 0 Å². The summed E-state index contributed by atoms with van der Waals surface area (Å²) in [5.41, 5.74) is 3.34. The summed E-state index contributed by atoms with van der Waals surface area (Å²) in [4.78, 5) is 17.8. The van der Waals surface area contributed by atoms with Gasteiger partial charge in [-0.1, -0.05) is 19.9 Å². The number of nitrogens with one attached hydrogen (secondary N) is 1. The van der Waals surface area contributed by atoms with Crippen molar-refractivity contribution >= 4 is 17.3 Å². The highest BCUT2D eigenvalue weighted by molar-refractivity contribution is 5.82. The minimum Gasteiger partial charge on any atom is -0.497 e. The van der Waals surface area contributed by atoms with E-state index in [1.54, 1.807) is 7.11 Å². The standard InChI is InChI=1S/C24H30FN3O2/c1-16(2)14-26-24(29)21-12-17-4-9-20(30-3)13-22(17)28-11-10-27(15-23(21)28)19-7-5-18(25)6-8-19/h4-9,13,16,21,23H,10-12,14-15H2,1-3H3,(H,26,29)/t21-,23+/m0/s1. The average Bonchev–Trinajstić information content (AvgIpc) is 2.76. The number of nitrogens with zero attached hydrogens (tertiary/aromatic N) is 2. The largest absolute Gasteiger partial charge is 0.497 e. The van der Waals surface area contributed by atoms with Gasteiger partial charge in [0.1, 0.15) is 11.6 Å². The van der Waals surface area contributed by atoms with Gasteiger partial charge in [-0.2, -0.15) is 0 Å². The maximum Gasteiger partial charge on any atom is 0.225 e. The molecule has 6 heteroatoms. The van der Waals surface area contributed by atoms with E-state index in [9.17, 15) is 9.18 Å². The van der Waals surface area contributed by atoms with Gasteiger partial charge in [0, 0.05) is 43.6 Å². The van der Waals surface area contributed by atoms with Gasteiger partial charge < -0.3 is 19.9 Å². The lowest BCUT2D eigenvalue weighted by Gasteiger charge is -2.49. The zero-order valence-corrected chi connectivity index (χ0v) is 17.9. The van der Waals surface area contributed by atoms with Crippen molar-refractivity contribution in [2.24, 2.45) is 11.8 Å². The Kier molecular flexibility index (Phi) is 5.84. The molecule has 1 N–H and O–H groups in total. The predicted molar refractivity (Wildman–Crippen MR) is 118 cm³/mol. The number of amides is 1. The first-order chi connectivity index (χ1) is 14.5. The zero-order chi connectivity index (χ0) is 21.3. The topological polar surface area (TPSA) is 44.8 Å². The number of rotatable bonds is 5. The molecule has 2 heterocycles. The summed E-state index contributed by atoms with van der Waals surface area (Å²) in [5.74, 6) is 0.986. The second-order valence-electron chi connectivity index (χ2n) is 8.63. The van der Waals surface area contributed by atoms with Gasteiger partial charge in [-0.25, -0.2) is 4.39 Å². The highest BCUT2D eigenvalue weighted by Crippen LogP contribution is 2.39. The highest BCUT2D eigenvalue weighted by Gasteiger charge is 2.41. The van der Waals surface area contributed by atoms with Gasteiger partial charge in [-0.05, 0) is 48.2 Å². The SMILES string of the molecule is COc1ccc2c(c1)N1CCN(c3ccc(F)cc3)C[C@@H]1[C@@H](C(=O)NCC(C)C)C2. The van der Waals surface area contributed by atoms with Crippen molar-refractivity contribution in [3.63, 3.8) is 0 Å². The molecule has 4 rings (SSSR count). The van der Waals surface area contributed by atoms with Crippen LogP contribution in [0.2, 0.25) is 0 Å². The quantitative estimate of drug-likeness (QED) is 0.818. The molecule has 1 saturated heterocycles. The molecule has 0 aliphatic carbocycles. The van der Waals surface area contributed by atoms with Gasteiger partial charge in [0.05, 0.1) is 19.1 Å². The number of hydrogen-bond acceptors (Lipinski definition) is 4. The van der Waals surface area contributed by atoms with E-state index in [1.165, 1.54) is 17.7 Å². The first-order valence-electron chi connectivity index (χ1n) is 10.7. The summed E-state index contributed by atoms with van der Waals surface area (Å²) in [6, 6.07) is 12.8. The normalized spacial score (nSPS) is 20.6. The summed E-state index contributed by atoms with van der Waals surface area (Å²) in [6.45, 7) is 7.23. The number of benzene rings is 2. The molecule has 0 bridgehead atoms. The van der Waals surface area contributed by atoms with E-state index in [-0.39, 0.29) is 23.7 Å². The second-order valence-corrected chi connectivity index (χ2v) is 8.63. The van der Waals surface area contributed by atoms with Crippen LogP contribution in [0.3, 0.4) is 0 Å².